The van der Waals surface area contributed by atoms with Crippen LogP contribution in [0.1, 0.15) is 11.1 Å². The van der Waals surface area contributed by atoms with Crippen LogP contribution in [0, 0.1) is 0 Å². The Hall–Kier alpha value is -2.71. The molecule has 6 nitrogen and oxygen atoms in total. The van der Waals surface area contributed by atoms with E-state index in [9.17, 15) is 15.0 Å². The molecule has 1 aliphatic rings. The normalized spacial score (nSPS) is 15.4. The molecule has 146 valence electrons. The SMILES string of the molecule is COc1ccc(CCN2C(=O)/C(=C\c3ccc(O)c(O)c3)SC2=S)cc1OC. The predicted octanol–water partition coefficient (Wildman–Crippen LogP) is 3.56. The number of rotatable bonds is 6. The number of hydrogen-bond donors (Lipinski definition) is 2. The van der Waals surface area contributed by atoms with Gasteiger partial charge in [0.2, 0.25) is 0 Å². The van der Waals surface area contributed by atoms with Gasteiger partial charge in [0.25, 0.3) is 5.91 Å². The van der Waals surface area contributed by atoms with Crippen LogP contribution in [0.3, 0.4) is 0 Å². The fourth-order valence-corrected chi connectivity index (χ4v) is 4.06. The number of ether oxygens (including phenoxy) is 2. The Morgan fingerprint density at radius 2 is 1.82 bits per heavy atom. The Labute approximate surface area is 172 Å². The smallest absolute Gasteiger partial charge is 0.266 e. The average molecular weight is 418 g/mol. The number of phenolic OH excluding ortho intramolecular Hbond substituents is 2. The monoisotopic (exact) mass is 417 g/mol. The van der Waals surface area contributed by atoms with Gasteiger partial charge >= 0.3 is 0 Å². The quantitative estimate of drug-likeness (QED) is 0.423. The Balaban J connectivity index is 1.72. The minimum Gasteiger partial charge on any atom is -0.504 e. The first-order chi connectivity index (χ1) is 13.4. The van der Waals surface area contributed by atoms with Gasteiger partial charge in [0.1, 0.15) is 4.32 Å². The van der Waals surface area contributed by atoms with Gasteiger partial charge in [-0.25, -0.2) is 0 Å². The largest absolute Gasteiger partial charge is 0.504 e. The number of phenols is 2. The van der Waals surface area contributed by atoms with Crippen LogP contribution in [0.25, 0.3) is 6.08 Å². The van der Waals surface area contributed by atoms with Crippen molar-refractivity contribution in [3.63, 3.8) is 0 Å². The van der Waals surface area contributed by atoms with Crippen LogP contribution in [0.15, 0.2) is 41.3 Å². The van der Waals surface area contributed by atoms with Crippen molar-refractivity contribution < 1.29 is 24.5 Å². The topological polar surface area (TPSA) is 79.2 Å². The molecule has 1 amide bonds. The number of hydrogen-bond acceptors (Lipinski definition) is 7. The summed E-state index contributed by atoms with van der Waals surface area (Å²) in [5.74, 6) is 0.662. The van der Waals surface area contributed by atoms with E-state index >= 15 is 0 Å². The molecular weight excluding hydrogens is 398 g/mol. The molecule has 2 N–H and O–H groups in total. The molecule has 1 heterocycles. The summed E-state index contributed by atoms with van der Waals surface area (Å²) >= 11 is 6.57. The molecule has 0 spiro atoms. The number of carbonyl (C=O) groups is 1. The molecule has 0 radical (unpaired) electrons. The van der Waals surface area contributed by atoms with Crippen LogP contribution in [-0.4, -0.2) is 46.1 Å². The molecule has 0 unspecified atom stereocenters. The number of carbonyl (C=O) groups excluding carboxylic acids is 1. The Morgan fingerprint density at radius 1 is 1.07 bits per heavy atom. The van der Waals surface area contributed by atoms with Gasteiger partial charge in [-0.2, -0.15) is 0 Å². The molecule has 2 aromatic carbocycles. The summed E-state index contributed by atoms with van der Waals surface area (Å²) in [4.78, 5) is 14.7. The molecule has 3 rings (SSSR count). The molecule has 1 saturated heterocycles. The zero-order chi connectivity index (χ0) is 20.3. The van der Waals surface area contributed by atoms with Crippen LogP contribution < -0.4 is 9.47 Å². The molecule has 0 atom stereocenters. The molecule has 0 bridgehead atoms. The Kier molecular flexibility index (Phi) is 6.11. The molecular formula is C20H19NO5S2. The van der Waals surface area contributed by atoms with Gasteiger partial charge in [0, 0.05) is 6.54 Å². The molecule has 0 aromatic heterocycles. The number of amides is 1. The van der Waals surface area contributed by atoms with Crippen LogP contribution in [0.4, 0.5) is 0 Å². The minimum absolute atomic E-state index is 0.178. The fraction of sp³-hybridized carbons (Fsp3) is 0.200. The van der Waals surface area contributed by atoms with E-state index in [2.05, 4.69) is 0 Å². The zero-order valence-electron chi connectivity index (χ0n) is 15.3. The van der Waals surface area contributed by atoms with Gasteiger partial charge in [0.05, 0.1) is 19.1 Å². The molecule has 0 saturated carbocycles. The van der Waals surface area contributed by atoms with Gasteiger partial charge in [-0.1, -0.05) is 36.1 Å². The fourth-order valence-electron chi connectivity index (χ4n) is 2.75. The van der Waals surface area contributed by atoms with Crippen molar-refractivity contribution >= 4 is 40.3 Å². The van der Waals surface area contributed by atoms with E-state index in [1.807, 2.05) is 18.2 Å². The first kappa shape index (κ1) is 20.0. The predicted molar refractivity (Wildman–Crippen MR) is 113 cm³/mol. The van der Waals surface area contributed by atoms with Crippen LogP contribution in [0.5, 0.6) is 23.0 Å². The Bertz CT molecular complexity index is 958. The second-order valence-electron chi connectivity index (χ2n) is 6.02. The number of thioether (sulfide) groups is 1. The van der Waals surface area contributed by atoms with Crippen LogP contribution in [0.2, 0.25) is 0 Å². The minimum atomic E-state index is -0.238. The summed E-state index contributed by atoms with van der Waals surface area (Å²) in [5.41, 5.74) is 1.61. The van der Waals surface area contributed by atoms with Crippen molar-refractivity contribution in [2.75, 3.05) is 20.8 Å². The molecule has 1 aliphatic heterocycles. The van der Waals surface area contributed by atoms with Gasteiger partial charge in [-0.3, -0.25) is 9.69 Å². The molecule has 1 fully saturated rings. The molecule has 0 aliphatic carbocycles. The van der Waals surface area contributed by atoms with Crippen molar-refractivity contribution in [3.05, 3.63) is 52.4 Å². The highest BCUT2D eigenvalue weighted by Gasteiger charge is 2.31. The zero-order valence-corrected chi connectivity index (χ0v) is 17.0. The highest BCUT2D eigenvalue weighted by molar-refractivity contribution is 8.26. The third-order valence-corrected chi connectivity index (χ3v) is 5.62. The summed E-state index contributed by atoms with van der Waals surface area (Å²) in [6.45, 7) is 0.443. The van der Waals surface area contributed by atoms with E-state index in [0.717, 1.165) is 5.56 Å². The Morgan fingerprint density at radius 3 is 2.50 bits per heavy atom. The first-order valence-corrected chi connectivity index (χ1v) is 9.63. The van der Waals surface area contributed by atoms with E-state index in [-0.39, 0.29) is 17.4 Å². The van der Waals surface area contributed by atoms with Crippen molar-refractivity contribution in [3.8, 4) is 23.0 Å². The lowest BCUT2D eigenvalue weighted by atomic mass is 10.1. The standard InChI is InChI=1S/C20H19NO5S2/c1-25-16-6-4-12(10-17(16)26-2)7-8-21-19(24)18(28-20(21)27)11-13-3-5-14(22)15(23)9-13/h3-6,9-11,22-23H,7-8H2,1-2H3/b18-11+. The lowest BCUT2D eigenvalue weighted by molar-refractivity contribution is -0.122. The van der Waals surface area contributed by atoms with E-state index in [1.54, 1.807) is 31.3 Å². The van der Waals surface area contributed by atoms with Crippen molar-refractivity contribution in [1.29, 1.82) is 0 Å². The van der Waals surface area contributed by atoms with Crippen LogP contribution >= 0.6 is 24.0 Å². The van der Waals surface area contributed by atoms with E-state index < -0.39 is 0 Å². The van der Waals surface area contributed by atoms with Crippen molar-refractivity contribution in [1.82, 2.24) is 4.90 Å². The number of aromatic hydroxyl groups is 2. The van der Waals surface area contributed by atoms with Crippen molar-refractivity contribution in [2.45, 2.75) is 6.42 Å². The average Bonchev–Trinajstić information content (AvgIpc) is 2.95. The van der Waals surface area contributed by atoms with Gasteiger partial charge < -0.3 is 19.7 Å². The number of thiocarbonyl (C=S) groups is 1. The molecule has 28 heavy (non-hydrogen) atoms. The summed E-state index contributed by atoms with van der Waals surface area (Å²) in [6, 6.07) is 10.0. The first-order valence-electron chi connectivity index (χ1n) is 8.41. The molecule has 2 aromatic rings. The lowest BCUT2D eigenvalue weighted by Crippen LogP contribution is -2.30. The maximum atomic E-state index is 12.7. The number of methoxy groups -OCH3 is 2. The summed E-state index contributed by atoms with van der Waals surface area (Å²) < 4.78 is 11.0. The number of benzene rings is 2. The van der Waals surface area contributed by atoms with Crippen LogP contribution in [-0.2, 0) is 11.2 Å². The van der Waals surface area contributed by atoms with Gasteiger partial charge in [0.15, 0.2) is 23.0 Å². The van der Waals surface area contributed by atoms with Gasteiger partial charge in [-0.05, 0) is 47.9 Å². The van der Waals surface area contributed by atoms with Gasteiger partial charge in [-0.15, -0.1) is 0 Å². The summed E-state index contributed by atoms with van der Waals surface area (Å²) in [7, 11) is 3.16. The third kappa shape index (κ3) is 4.23. The second kappa shape index (κ2) is 8.53. The second-order valence-corrected chi connectivity index (χ2v) is 7.70. The number of nitrogens with zero attached hydrogens (tertiary/aromatic N) is 1. The highest BCUT2D eigenvalue weighted by atomic mass is 32.2. The molecule has 8 heteroatoms. The van der Waals surface area contributed by atoms with E-state index in [1.165, 1.54) is 23.9 Å². The maximum Gasteiger partial charge on any atom is 0.266 e. The third-order valence-electron chi connectivity index (χ3n) is 4.24. The highest BCUT2D eigenvalue weighted by Crippen LogP contribution is 2.34. The maximum absolute atomic E-state index is 12.7. The van der Waals surface area contributed by atoms with E-state index in [0.29, 0.717) is 39.3 Å². The summed E-state index contributed by atoms with van der Waals surface area (Å²) in [6.07, 6.45) is 2.26. The summed E-state index contributed by atoms with van der Waals surface area (Å²) in [5, 5.41) is 19.0. The van der Waals surface area contributed by atoms with E-state index in [4.69, 9.17) is 21.7 Å². The lowest BCUT2D eigenvalue weighted by Gasteiger charge is -2.15. The van der Waals surface area contributed by atoms with Crippen molar-refractivity contribution in [2.24, 2.45) is 0 Å².